The Kier molecular flexibility index (Phi) is 9.09. The Labute approximate surface area is 268 Å². The van der Waals surface area contributed by atoms with Crippen LogP contribution in [0.2, 0.25) is 0 Å². The van der Waals surface area contributed by atoms with E-state index in [0.29, 0.717) is 38.6 Å². The normalized spacial score (nSPS) is 14.7. The van der Waals surface area contributed by atoms with Crippen molar-refractivity contribution in [1.29, 1.82) is 0 Å². The molecule has 0 radical (unpaired) electrons. The number of anilines is 1. The van der Waals surface area contributed by atoms with E-state index in [2.05, 4.69) is 57.1 Å². The Bertz CT molecular complexity index is 1820. The molecule has 0 bridgehead atoms. The fourth-order valence-corrected chi connectivity index (χ4v) is 7.70. The summed E-state index contributed by atoms with van der Waals surface area (Å²) in [5.74, 6) is 1.16. The van der Waals surface area contributed by atoms with Crippen molar-refractivity contribution >= 4 is 74.2 Å². The summed E-state index contributed by atoms with van der Waals surface area (Å²) < 4.78 is 15.1. The minimum atomic E-state index is -0.669. The van der Waals surface area contributed by atoms with Crippen LogP contribution in [-0.2, 0) is 4.79 Å². The maximum atomic E-state index is 14.0. The first-order chi connectivity index (χ1) is 19.8. The molecular formula is C31H25I2N3O4S. The van der Waals surface area contributed by atoms with Crippen LogP contribution < -0.4 is 29.7 Å². The van der Waals surface area contributed by atoms with Crippen LogP contribution in [0.25, 0.3) is 6.08 Å². The number of thiazole rings is 1. The van der Waals surface area contributed by atoms with Crippen molar-refractivity contribution in [2.75, 3.05) is 19.0 Å². The molecule has 7 nitrogen and oxygen atoms in total. The number of para-hydroxylation sites is 1. The highest BCUT2D eigenvalue weighted by Gasteiger charge is 2.32. The average molecular weight is 789 g/mol. The standard InChI is InChI=1S/C31H25I2N3O4S/c1-4-14-40-28-23(32)15-19(16-24(28)33)17-25-30(38)36-27(20-10-12-22(39-3)13-11-20)26(18(2)34-31(36)41-25)29(37)35-21-8-6-5-7-9-21/h4-13,15-17,27H,1,14H2,2-3H3,(H,35,37)/b25-17+/t27-/m0/s1. The third kappa shape index (κ3) is 6.19. The summed E-state index contributed by atoms with van der Waals surface area (Å²) in [5.41, 5.74) is 3.05. The Morgan fingerprint density at radius 3 is 2.44 bits per heavy atom. The smallest absolute Gasteiger partial charge is 0.271 e. The molecule has 1 amide bonds. The molecule has 0 spiro atoms. The van der Waals surface area contributed by atoms with Gasteiger partial charge in [0.15, 0.2) is 4.80 Å². The zero-order valence-corrected chi connectivity index (χ0v) is 27.3. The van der Waals surface area contributed by atoms with Crippen molar-refractivity contribution in [2.24, 2.45) is 4.99 Å². The molecule has 1 aliphatic heterocycles. The summed E-state index contributed by atoms with van der Waals surface area (Å²) in [6, 6.07) is 19.9. The van der Waals surface area contributed by atoms with E-state index < -0.39 is 6.04 Å². The molecule has 208 valence electrons. The lowest BCUT2D eigenvalue weighted by Crippen LogP contribution is -2.40. The molecule has 2 heterocycles. The van der Waals surface area contributed by atoms with Crippen LogP contribution >= 0.6 is 56.5 Å². The molecule has 41 heavy (non-hydrogen) atoms. The average Bonchev–Trinajstić information content (AvgIpc) is 3.26. The number of fused-ring (bicyclic) bond motifs is 1. The van der Waals surface area contributed by atoms with Gasteiger partial charge in [-0.3, -0.25) is 14.2 Å². The van der Waals surface area contributed by atoms with Gasteiger partial charge in [-0.1, -0.05) is 54.3 Å². The van der Waals surface area contributed by atoms with Gasteiger partial charge in [-0.2, -0.15) is 0 Å². The Morgan fingerprint density at radius 1 is 1.12 bits per heavy atom. The third-order valence-electron chi connectivity index (χ3n) is 6.39. The number of carbonyl (C=O) groups excluding carboxylic acids is 1. The highest BCUT2D eigenvalue weighted by Crippen LogP contribution is 2.32. The number of hydrogen-bond donors (Lipinski definition) is 1. The lowest BCUT2D eigenvalue weighted by Gasteiger charge is -2.25. The molecule has 4 aromatic rings. The zero-order chi connectivity index (χ0) is 29.1. The van der Waals surface area contributed by atoms with E-state index in [-0.39, 0.29) is 11.5 Å². The van der Waals surface area contributed by atoms with Gasteiger partial charge in [0, 0.05) is 5.69 Å². The topological polar surface area (TPSA) is 81.9 Å². The summed E-state index contributed by atoms with van der Waals surface area (Å²) in [5, 5.41) is 2.97. The maximum Gasteiger partial charge on any atom is 0.271 e. The number of carbonyl (C=O) groups is 1. The second-order valence-electron chi connectivity index (χ2n) is 9.09. The van der Waals surface area contributed by atoms with Crippen LogP contribution in [0.4, 0.5) is 5.69 Å². The number of amides is 1. The number of methoxy groups -OCH3 is 1. The first-order valence-corrected chi connectivity index (χ1v) is 15.5. The van der Waals surface area contributed by atoms with Gasteiger partial charge < -0.3 is 14.8 Å². The fraction of sp³-hybridized carbons (Fsp3) is 0.129. The Balaban J connectivity index is 1.64. The van der Waals surface area contributed by atoms with Crippen molar-refractivity contribution in [1.82, 2.24) is 4.57 Å². The molecule has 0 saturated carbocycles. The van der Waals surface area contributed by atoms with E-state index in [1.165, 1.54) is 11.3 Å². The molecule has 1 N–H and O–H groups in total. The van der Waals surface area contributed by atoms with E-state index in [1.807, 2.05) is 72.8 Å². The number of aromatic nitrogens is 1. The molecule has 0 unspecified atom stereocenters. The number of ether oxygens (including phenoxy) is 2. The molecule has 0 saturated heterocycles. The second kappa shape index (κ2) is 12.7. The molecule has 5 rings (SSSR count). The van der Waals surface area contributed by atoms with E-state index in [4.69, 9.17) is 14.5 Å². The summed E-state index contributed by atoms with van der Waals surface area (Å²) in [6.45, 7) is 5.93. The van der Waals surface area contributed by atoms with Gasteiger partial charge in [0.1, 0.15) is 18.1 Å². The highest BCUT2D eigenvalue weighted by atomic mass is 127. The molecular weight excluding hydrogens is 764 g/mol. The van der Waals surface area contributed by atoms with Gasteiger partial charge in [0.05, 0.1) is 36.1 Å². The minimum absolute atomic E-state index is 0.218. The van der Waals surface area contributed by atoms with Crippen LogP contribution in [0.1, 0.15) is 24.1 Å². The van der Waals surface area contributed by atoms with Crippen molar-refractivity contribution in [3.05, 3.63) is 129 Å². The SMILES string of the molecule is C=CCOc1c(I)cc(/C=c2/sc3n(c2=O)[C@@H](c2ccc(OC)cc2)C(C(=O)Nc2ccccc2)=C(C)N=3)cc1I. The third-order valence-corrected chi connectivity index (χ3v) is 8.98. The fourth-order valence-electron chi connectivity index (χ4n) is 4.53. The van der Waals surface area contributed by atoms with Crippen molar-refractivity contribution in [3.8, 4) is 11.5 Å². The molecule has 10 heteroatoms. The van der Waals surface area contributed by atoms with Crippen molar-refractivity contribution < 1.29 is 14.3 Å². The van der Waals surface area contributed by atoms with Crippen molar-refractivity contribution in [2.45, 2.75) is 13.0 Å². The largest absolute Gasteiger partial charge is 0.497 e. The number of nitrogens with one attached hydrogen (secondary N) is 1. The summed E-state index contributed by atoms with van der Waals surface area (Å²) in [4.78, 5) is 33.0. The van der Waals surface area contributed by atoms with Gasteiger partial charge in [-0.25, -0.2) is 4.99 Å². The van der Waals surface area contributed by atoms with Gasteiger partial charge >= 0.3 is 0 Å². The minimum Gasteiger partial charge on any atom is -0.497 e. The first-order valence-electron chi connectivity index (χ1n) is 12.6. The predicted octanol–water partition coefficient (Wildman–Crippen LogP) is 5.66. The maximum absolute atomic E-state index is 14.0. The van der Waals surface area contributed by atoms with Crippen LogP contribution in [-0.4, -0.2) is 24.2 Å². The number of halogens is 2. The molecule has 1 atom stereocenters. The van der Waals surface area contributed by atoms with E-state index in [1.54, 1.807) is 24.7 Å². The first kappa shape index (κ1) is 29.3. The van der Waals surface area contributed by atoms with Gasteiger partial charge in [-0.15, -0.1) is 0 Å². The molecule has 0 fully saturated rings. The summed E-state index contributed by atoms with van der Waals surface area (Å²) in [7, 11) is 1.60. The summed E-state index contributed by atoms with van der Waals surface area (Å²) >= 11 is 5.77. The van der Waals surface area contributed by atoms with E-state index >= 15 is 0 Å². The van der Waals surface area contributed by atoms with Crippen molar-refractivity contribution in [3.63, 3.8) is 0 Å². The van der Waals surface area contributed by atoms with Crippen LogP contribution in [0, 0.1) is 7.14 Å². The monoisotopic (exact) mass is 789 g/mol. The van der Waals surface area contributed by atoms with Crippen LogP contribution in [0.3, 0.4) is 0 Å². The van der Waals surface area contributed by atoms with Gasteiger partial charge in [-0.05, 0) is 106 Å². The summed E-state index contributed by atoms with van der Waals surface area (Å²) in [6.07, 6.45) is 3.57. The lowest BCUT2D eigenvalue weighted by atomic mass is 9.95. The quantitative estimate of drug-likeness (QED) is 0.185. The highest BCUT2D eigenvalue weighted by molar-refractivity contribution is 14.1. The Hall–Kier alpha value is -3.23. The molecule has 3 aromatic carbocycles. The number of allylic oxidation sites excluding steroid dienone is 1. The van der Waals surface area contributed by atoms with Gasteiger partial charge in [0.25, 0.3) is 11.5 Å². The van der Waals surface area contributed by atoms with Crippen LogP contribution in [0.15, 0.2) is 100 Å². The van der Waals surface area contributed by atoms with Gasteiger partial charge in [0.2, 0.25) is 0 Å². The lowest BCUT2D eigenvalue weighted by molar-refractivity contribution is -0.113. The Morgan fingerprint density at radius 2 is 1.80 bits per heavy atom. The predicted molar refractivity (Wildman–Crippen MR) is 179 cm³/mol. The number of nitrogens with zero attached hydrogens (tertiary/aromatic N) is 2. The molecule has 1 aliphatic rings. The molecule has 1 aromatic heterocycles. The number of hydrogen-bond acceptors (Lipinski definition) is 6. The van der Waals surface area contributed by atoms with E-state index in [0.717, 1.165) is 24.0 Å². The number of benzene rings is 3. The molecule has 0 aliphatic carbocycles. The number of rotatable bonds is 8. The zero-order valence-electron chi connectivity index (χ0n) is 22.2. The second-order valence-corrected chi connectivity index (χ2v) is 12.4. The van der Waals surface area contributed by atoms with Crippen LogP contribution in [0.5, 0.6) is 11.5 Å². The van der Waals surface area contributed by atoms with E-state index in [9.17, 15) is 9.59 Å².